The molecule has 28 heavy (non-hydrogen) atoms. The molecule has 0 spiro atoms. The molecule has 3 fully saturated rings. The van der Waals surface area contributed by atoms with Gasteiger partial charge in [-0.15, -0.1) is 0 Å². The average molecular weight is 422 g/mol. The van der Waals surface area contributed by atoms with Crippen LogP contribution in [0, 0.1) is 23.7 Å². The summed E-state index contributed by atoms with van der Waals surface area (Å²) >= 11 is 1.35. The summed E-state index contributed by atoms with van der Waals surface area (Å²) in [6, 6.07) is 0. The van der Waals surface area contributed by atoms with E-state index >= 15 is 0 Å². The van der Waals surface area contributed by atoms with Crippen LogP contribution in [-0.4, -0.2) is 73.9 Å². The van der Waals surface area contributed by atoms with Gasteiger partial charge in [-0.3, -0.25) is 9.30 Å². The third kappa shape index (κ3) is 7.41. The van der Waals surface area contributed by atoms with Gasteiger partial charge in [-0.25, -0.2) is 0 Å². The maximum Gasteiger partial charge on any atom is 0.389 e. The zero-order chi connectivity index (χ0) is 20.0. The number of hydrogen-bond donors (Lipinski definition) is 0. The van der Waals surface area contributed by atoms with Crippen molar-refractivity contribution in [1.82, 2.24) is 9.21 Å². The Kier molecular flexibility index (Phi) is 8.35. The zero-order valence-electron chi connectivity index (χ0n) is 16.9. The number of halogens is 3. The van der Waals surface area contributed by atoms with Gasteiger partial charge in [-0.05, 0) is 55.8 Å². The second-order valence-electron chi connectivity index (χ2n) is 8.51. The molecule has 0 amide bonds. The van der Waals surface area contributed by atoms with Gasteiger partial charge in [0.1, 0.15) is 0 Å². The first-order valence-corrected chi connectivity index (χ1v) is 11.6. The standard InChI is InChI=1S/C20H34F3N3OS/c1-24-15-25-7-4-17(5-8-25)19-12-18(19)14-27-13-16-2-9-26(10-3-16)28-11-6-20(21,22)23/h15-19H,2-14H2,1H3/t18-,19+/m0/s1. The van der Waals surface area contributed by atoms with Gasteiger partial charge in [0.05, 0.1) is 12.8 Å². The fourth-order valence-corrected chi connectivity index (χ4v) is 5.60. The molecule has 3 aliphatic rings. The summed E-state index contributed by atoms with van der Waals surface area (Å²) < 4.78 is 44.8. The van der Waals surface area contributed by atoms with Crippen LogP contribution in [-0.2, 0) is 4.74 Å². The van der Waals surface area contributed by atoms with E-state index in [1.165, 1.54) is 31.2 Å². The first kappa shape index (κ1) is 22.2. The number of ether oxygens (including phenoxy) is 1. The van der Waals surface area contributed by atoms with Crippen LogP contribution in [0.3, 0.4) is 0 Å². The van der Waals surface area contributed by atoms with E-state index in [2.05, 4.69) is 14.2 Å². The smallest absolute Gasteiger partial charge is 0.381 e. The number of nitrogens with zero attached hydrogens (tertiary/aromatic N) is 3. The van der Waals surface area contributed by atoms with Gasteiger partial charge in [0.15, 0.2) is 0 Å². The van der Waals surface area contributed by atoms with Crippen LogP contribution in [0.2, 0.25) is 0 Å². The summed E-state index contributed by atoms with van der Waals surface area (Å²) in [4.78, 5) is 6.42. The first-order valence-electron chi connectivity index (χ1n) is 10.6. The van der Waals surface area contributed by atoms with Crippen LogP contribution < -0.4 is 0 Å². The predicted molar refractivity (Wildman–Crippen MR) is 109 cm³/mol. The molecule has 0 unspecified atom stereocenters. The Morgan fingerprint density at radius 3 is 2.43 bits per heavy atom. The van der Waals surface area contributed by atoms with E-state index in [9.17, 15) is 13.2 Å². The van der Waals surface area contributed by atoms with E-state index in [1.54, 1.807) is 0 Å². The van der Waals surface area contributed by atoms with Gasteiger partial charge >= 0.3 is 6.18 Å². The van der Waals surface area contributed by atoms with Crippen LogP contribution in [0.4, 0.5) is 13.2 Å². The molecule has 2 aliphatic heterocycles. The Balaban J connectivity index is 1.21. The summed E-state index contributed by atoms with van der Waals surface area (Å²) in [6.07, 6.45) is 3.16. The summed E-state index contributed by atoms with van der Waals surface area (Å²) in [5.74, 6) is 3.15. The average Bonchev–Trinajstić information content (AvgIpc) is 3.42. The molecule has 2 heterocycles. The molecule has 0 aromatic rings. The molecule has 4 nitrogen and oxygen atoms in total. The number of alkyl halides is 3. The van der Waals surface area contributed by atoms with Crippen molar-refractivity contribution < 1.29 is 17.9 Å². The largest absolute Gasteiger partial charge is 0.389 e. The molecular weight excluding hydrogens is 387 g/mol. The van der Waals surface area contributed by atoms with Crippen molar-refractivity contribution in [3.05, 3.63) is 0 Å². The quantitative estimate of drug-likeness (QED) is 0.315. The van der Waals surface area contributed by atoms with Crippen molar-refractivity contribution in [2.75, 3.05) is 52.2 Å². The highest BCUT2D eigenvalue weighted by Crippen LogP contribution is 2.48. The molecule has 2 saturated heterocycles. The second-order valence-corrected chi connectivity index (χ2v) is 9.70. The van der Waals surface area contributed by atoms with Gasteiger partial charge in [-0.2, -0.15) is 13.2 Å². The molecule has 0 bridgehead atoms. The van der Waals surface area contributed by atoms with Gasteiger partial charge in [-0.1, -0.05) is 11.9 Å². The first-order chi connectivity index (χ1) is 13.4. The lowest BCUT2D eigenvalue weighted by molar-refractivity contribution is -0.129. The highest BCUT2D eigenvalue weighted by Gasteiger charge is 2.43. The van der Waals surface area contributed by atoms with Gasteiger partial charge < -0.3 is 9.64 Å². The van der Waals surface area contributed by atoms with E-state index in [1.807, 2.05) is 13.4 Å². The Morgan fingerprint density at radius 1 is 1.07 bits per heavy atom. The molecule has 0 radical (unpaired) electrons. The van der Waals surface area contributed by atoms with E-state index in [-0.39, 0.29) is 5.75 Å². The molecule has 162 valence electrons. The van der Waals surface area contributed by atoms with Gasteiger partial charge in [0, 0.05) is 52.2 Å². The Morgan fingerprint density at radius 2 is 1.79 bits per heavy atom. The molecule has 0 aromatic heterocycles. The molecule has 0 aromatic carbocycles. The summed E-state index contributed by atoms with van der Waals surface area (Å²) in [6.45, 7) is 5.72. The van der Waals surface area contributed by atoms with Crippen molar-refractivity contribution in [3.8, 4) is 0 Å². The predicted octanol–water partition coefficient (Wildman–Crippen LogP) is 4.32. The van der Waals surface area contributed by atoms with Gasteiger partial charge in [0.2, 0.25) is 0 Å². The third-order valence-electron chi connectivity index (χ3n) is 6.35. The van der Waals surface area contributed by atoms with E-state index < -0.39 is 12.6 Å². The molecule has 0 N–H and O–H groups in total. The topological polar surface area (TPSA) is 28.1 Å². The maximum absolute atomic E-state index is 12.2. The number of likely N-dealkylation sites (tertiary alicyclic amines) is 1. The fraction of sp³-hybridized carbons (Fsp3) is 0.950. The maximum atomic E-state index is 12.2. The van der Waals surface area contributed by atoms with Crippen molar-refractivity contribution in [3.63, 3.8) is 0 Å². The van der Waals surface area contributed by atoms with Crippen LogP contribution in [0.5, 0.6) is 0 Å². The lowest BCUT2D eigenvalue weighted by Gasteiger charge is -2.31. The van der Waals surface area contributed by atoms with E-state index in [0.29, 0.717) is 5.92 Å². The minimum atomic E-state index is -4.04. The Bertz CT molecular complexity index is 490. The number of hydrogen-bond acceptors (Lipinski definition) is 4. The van der Waals surface area contributed by atoms with Crippen LogP contribution >= 0.6 is 11.9 Å². The number of rotatable bonds is 9. The van der Waals surface area contributed by atoms with Crippen LogP contribution in [0.1, 0.15) is 38.5 Å². The molecule has 1 saturated carbocycles. The Hall–Kier alpha value is -0.470. The fourth-order valence-electron chi connectivity index (χ4n) is 4.55. The SMILES string of the molecule is CN=CN1CCC([C@H]2C[C@H]2COCC2CCN(SCCC(F)(F)F)CC2)CC1. The molecular formula is C20H34F3N3OS. The van der Waals surface area contributed by atoms with Crippen molar-refractivity contribution in [1.29, 1.82) is 0 Å². The van der Waals surface area contributed by atoms with Crippen molar-refractivity contribution >= 4 is 18.3 Å². The minimum absolute atomic E-state index is 0.137. The molecule has 2 atom stereocenters. The third-order valence-corrected chi connectivity index (χ3v) is 7.47. The second kappa shape index (κ2) is 10.5. The number of aliphatic imine (C=N–C) groups is 1. The van der Waals surface area contributed by atoms with Crippen molar-refractivity contribution in [2.45, 2.75) is 44.7 Å². The lowest BCUT2D eigenvalue weighted by atomic mass is 9.91. The van der Waals surface area contributed by atoms with E-state index in [4.69, 9.17) is 4.74 Å². The molecule has 8 heteroatoms. The van der Waals surface area contributed by atoms with Crippen LogP contribution in [0.25, 0.3) is 0 Å². The van der Waals surface area contributed by atoms with Crippen LogP contribution in [0.15, 0.2) is 4.99 Å². The zero-order valence-corrected chi connectivity index (χ0v) is 17.7. The minimum Gasteiger partial charge on any atom is -0.381 e. The highest BCUT2D eigenvalue weighted by molar-refractivity contribution is 7.97. The molecule has 3 rings (SSSR count). The Labute approximate surface area is 171 Å². The molecule has 1 aliphatic carbocycles. The number of piperidine rings is 2. The van der Waals surface area contributed by atoms with Crippen molar-refractivity contribution in [2.24, 2.45) is 28.7 Å². The van der Waals surface area contributed by atoms with E-state index in [0.717, 1.165) is 70.0 Å². The van der Waals surface area contributed by atoms with Gasteiger partial charge in [0.25, 0.3) is 0 Å². The normalized spacial score (nSPS) is 28.4. The highest BCUT2D eigenvalue weighted by atomic mass is 32.2. The summed E-state index contributed by atoms with van der Waals surface area (Å²) in [7, 11) is 1.83. The monoisotopic (exact) mass is 421 g/mol. The summed E-state index contributed by atoms with van der Waals surface area (Å²) in [5.41, 5.74) is 0. The lowest BCUT2D eigenvalue weighted by Crippen LogP contribution is -2.33. The summed E-state index contributed by atoms with van der Waals surface area (Å²) in [5, 5.41) is 0.